The Labute approximate surface area is 134 Å². The molecule has 1 amide bonds. The lowest BCUT2D eigenvalue weighted by Gasteiger charge is -2.18. The molecule has 0 aliphatic carbocycles. The van der Waals surface area contributed by atoms with Crippen LogP contribution in [0.15, 0.2) is 36.4 Å². The third-order valence-corrected chi connectivity index (χ3v) is 3.64. The molecular formula is C17H18ClNO3. The molecule has 0 aliphatic heterocycles. The predicted octanol–water partition coefficient (Wildman–Crippen LogP) is 3.85. The first-order valence-corrected chi connectivity index (χ1v) is 7.24. The largest absolute Gasteiger partial charge is 0.507 e. The van der Waals surface area contributed by atoms with Crippen LogP contribution in [-0.4, -0.2) is 18.1 Å². The highest BCUT2D eigenvalue weighted by atomic mass is 35.5. The summed E-state index contributed by atoms with van der Waals surface area (Å²) in [5, 5.41) is 13.0. The molecule has 0 saturated heterocycles. The maximum atomic E-state index is 12.3. The van der Waals surface area contributed by atoms with Gasteiger partial charge in [-0.3, -0.25) is 4.79 Å². The maximum absolute atomic E-state index is 12.3. The van der Waals surface area contributed by atoms with E-state index in [-0.39, 0.29) is 17.4 Å². The molecule has 2 aromatic rings. The van der Waals surface area contributed by atoms with Gasteiger partial charge < -0.3 is 15.2 Å². The normalized spacial score (nSPS) is 11.8. The van der Waals surface area contributed by atoms with Crippen LogP contribution in [0.5, 0.6) is 11.5 Å². The minimum atomic E-state index is -0.393. The third kappa shape index (κ3) is 3.52. The lowest BCUT2D eigenvalue weighted by molar-refractivity contribution is 0.0937. The lowest BCUT2D eigenvalue weighted by Crippen LogP contribution is -2.27. The Morgan fingerprint density at radius 2 is 2.00 bits per heavy atom. The van der Waals surface area contributed by atoms with Gasteiger partial charge in [0.2, 0.25) is 0 Å². The van der Waals surface area contributed by atoms with Gasteiger partial charge in [-0.1, -0.05) is 29.3 Å². The second kappa shape index (κ2) is 6.71. The summed E-state index contributed by atoms with van der Waals surface area (Å²) in [6.45, 7) is 3.83. The number of aromatic hydroxyl groups is 1. The van der Waals surface area contributed by atoms with Gasteiger partial charge in [0, 0.05) is 10.6 Å². The minimum absolute atomic E-state index is 0.106. The molecule has 22 heavy (non-hydrogen) atoms. The molecule has 0 radical (unpaired) electrons. The Morgan fingerprint density at radius 1 is 1.27 bits per heavy atom. The number of benzene rings is 2. The fourth-order valence-corrected chi connectivity index (χ4v) is 2.41. The van der Waals surface area contributed by atoms with Crippen molar-refractivity contribution in [1.29, 1.82) is 0 Å². The summed E-state index contributed by atoms with van der Waals surface area (Å²) in [6.07, 6.45) is 0. The fourth-order valence-electron chi connectivity index (χ4n) is 2.23. The zero-order chi connectivity index (χ0) is 16.3. The van der Waals surface area contributed by atoms with E-state index in [1.165, 1.54) is 18.2 Å². The Morgan fingerprint density at radius 3 is 2.68 bits per heavy atom. The zero-order valence-corrected chi connectivity index (χ0v) is 13.4. The lowest BCUT2D eigenvalue weighted by atomic mass is 10.0. The summed E-state index contributed by atoms with van der Waals surface area (Å²) in [4.78, 5) is 12.3. The first kappa shape index (κ1) is 16.2. The third-order valence-electron chi connectivity index (χ3n) is 3.40. The van der Waals surface area contributed by atoms with E-state index in [1.54, 1.807) is 7.11 Å². The van der Waals surface area contributed by atoms with Gasteiger partial charge >= 0.3 is 0 Å². The van der Waals surface area contributed by atoms with E-state index in [0.29, 0.717) is 10.8 Å². The van der Waals surface area contributed by atoms with Crippen molar-refractivity contribution >= 4 is 17.5 Å². The average molecular weight is 320 g/mol. The number of phenolic OH excluding ortho intramolecular Hbond substituents is 1. The van der Waals surface area contributed by atoms with Crippen LogP contribution in [0.25, 0.3) is 0 Å². The van der Waals surface area contributed by atoms with E-state index in [4.69, 9.17) is 16.3 Å². The highest BCUT2D eigenvalue weighted by molar-refractivity contribution is 6.31. The van der Waals surface area contributed by atoms with Crippen molar-refractivity contribution in [3.8, 4) is 11.5 Å². The molecule has 4 nitrogen and oxygen atoms in total. The number of hydrogen-bond acceptors (Lipinski definition) is 3. The molecule has 0 spiro atoms. The van der Waals surface area contributed by atoms with Crippen LogP contribution >= 0.6 is 11.6 Å². The number of aryl methyl sites for hydroxylation is 1. The number of halogens is 1. The summed E-state index contributed by atoms with van der Waals surface area (Å²) in [5.41, 5.74) is 2.09. The summed E-state index contributed by atoms with van der Waals surface area (Å²) < 4.78 is 5.33. The average Bonchev–Trinajstić information content (AvgIpc) is 2.49. The van der Waals surface area contributed by atoms with Crippen LogP contribution in [-0.2, 0) is 0 Å². The van der Waals surface area contributed by atoms with Crippen molar-refractivity contribution in [3.63, 3.8) is 0 Å². The van der Waals surface area contributed by atoms with Crippen LogP contribution in [0, 0.1) is 6.92 Å². The van der Waals surface area contributed by atoms with Crippen LogP contribution in [0.4, 0.5) is 0 Å². The monoisotopic (exact) mass is 319 g/mol. The molecule has 5 heteroatoms. The minimum Gasteiger partial charge on any atom is -0.507 e. The van der Waals surface area contributed by atoms with Gasteiger partial charge in [0.15, 0.2) is 0 Å². The highest BCUT2D eigenvalue weighted by Crippen LogP contribution is 2.27. The van der Waals surface area contributed by atoms with Gasteiger partial charge in [-0.05, 0) is 38.1 Å². The smallest absolute Gasteiger partial charge is 0.255 e. The van der Waals surface area contributed by atoms with Crippen LogP contribution in [0.2, 0.25) is 5.02 Å². The number of amides is 1. The van der Waals surface area contributed by atoms with E-state index in [9.17, 15) is 9.90 Å². The van der Waals surface area contributed by atoms with E-state index in [2.05, 4.69) is 5.32 Å². The number of nitrogens with one attached hydrogen (secondary N) is 1. The number of rotatable bonds is 4. The van der Waals surface area contributed by atoms with Gasteiger partial charge in [0.25, 0.3) is 5.91 Å². The van der Waals surface area contributed by atoms with Gasteiger partial charge in [0.1, 0.15) is 11.5 Å². The number of methoxy groups -OCH3 is 1. The first-order chi connectivity index (χ1) is 10.4. The predicted molar refractivity (Wildman–Crippen MR) is 86.7 cm³/mol. The van der Waals surface area contributed by atoms with Crippen molar-refractivity contribution in [2.45, 2.75) is 19.9 Å². The number of phenols is 1. The number of carbonyl (C=O) groups excluding carboxylic acids is 1. The van der Waals surface area contributed by atoms with E-state index < -0.39 is 5.91 Å². The first-order valence-electron chi connectivity index (χ1n) is 6.86. The van der Waals surface area contributed by atoms with Crippen molar-refractivity contribution in [2.75, 3.05) is 7.11 Å². The summed E-state index contributed by atoms with van der Waals surface area (Å²) in [6, 6.07) is 9.86. The molecule has 2 N–H and O–H groups in total. The molecule has 0 aromatic heterocycles. The van der Waals surface area contributed by atoms with Gasteiger partial charge in [-0.2, -0.15) is 0 Å². The molecular weight excluding hydrogens is 302 g/mol. The van der Waals surface area contributed by atoms with E-state index >= 15 is 0 Å². The van der Waals surface area contributed by atoms with Gasteiger partial charge in [-0.15, -0.1) is 0 Å². The highest BCUT2D eigenvalue weighted by Gasteiger charge is 2.17. The van der Waals surface area contributed by atoms with Crippen molar-refractivity contribution in [2.24, 2.45) is 0 Å². The summed E-state index contributed by atoms with van der Waals surface area (Å²) >= 11 is 5.87. The molecule has 0 fully saturated rings. The molecule has 1 unspecified atom stereocenters. The topological polar surface area (TPSA) is 58.6 Å². The molecule has 0 heterocycles. The molecule has 2 rings (SSSR count). The molecule has 0 aliphatic rings. The molecule has 1 atom stereocenters. The summed E-state index contributed by atoms with van der Waals surface area (Å²) in [5.74, 6) is 0.204. The standard InChI is InChI=1S/C17H18ClNO3/c1-10-4-7-16(22-3)13(8-10)11(2)19-17(21)14-9-12(18)5-6-15(14)20/h4-9,11,20H,1-3H3,(H,19,21). The van der Waals surface area contributed by atoms with E-state index in [0.717, 1.165) is 11.1 Å². The second-order valence-corrected chi connectivity index (χ2v) is 5.54. The van der Waals surface area contributed by atoms with Crippen molar-refractivity contribution in [1.82, 2.24) is 5.32 Å². The Bertz CT molecular complexity index is 700. The van der Waals surface area contributed by atoms with Crippen LogP contribution < -0.4 is 10.1 Å². The Balaban J connectivity index is 2.25. The SMILES string of the molecule is COc1ccc(C)cc1C(C)NC(=O)c1cc(Cl)ccc1O. The zero-order valence-electron chi connectivity index (χ0n) is 12.7. The quantitative estimate of drug-likeness (QED) is 0.899. The second-order valence-electron chi connectivity index (χ2n) is 5.10. The van der Waals surface area contributed by atoms with Crippen LogP contribution in [0.1, 0.15) is 34.5 Å². The Hall–Kier alpha value is -2.20. The Kier molecular flexibility index (Phi) is 4.93. The van der Waals surface area contributed by atoms with Crippen molar-refractivity contribution < 1.29 is 14.6 Å². The number of ether oxygens (including phenoxy) is 1. The van der Waals surface area contributed by atoms with Crippen LogP contribution in [0.3, 0.4) is 0 Å². The van der Waals surface area contributed by atoms with Gasteiger partial charge in [-0.25, -0.2) is 0 Å². The fraction of sp³-hybridized carbons (Fsp3) is 0.235. The van der Waals surface area contributed by atoms with E-state index in [1.807, 2.05) is 32.0 Å². The number of carbonyl (C=O) groups is 1. The maximum Gasteiger partial charge on any atom is 0.255 e. The summed E-state index contributed by atoms with van der Waals surface area (Å²) in [7, 11) is 1.59. The van der Waals surface area contributed by atoms with Gasteiger partial charge in [0.05, 0.1) is 18.7 Å². The molecule has 0 saturated carbocycles. The molecule has 2 aromatic carbocycles. The number of hydrogen-bond donors (Lipinski definition) is 2. The molecule has 116 valence electrons. The van der Waals surface area contributed by atoms with Crippen molar-refractivity contribution in [3.05, 3.63) is 58.1 Å². The molecule has 0 bridgehead atoms.